The molecule has 0 atom stereocenters. The van der Waals surface area contributed by atoms with Gasteiger partial charge in [0.25, 0.3) is 0 Å². The molecule has 0 aliphatic heterocycles. The Morgan fingerprint density at radius 2 is 1.89 bits per heavy atom. The molecular formula is C16H15BrN2. The summed E-state index contributed by atoms with van der Waals surface area (Å²) in [6.07, 6.45) is 2.19. The molecule has 1 heterocycles. The average molecular weight is 315 g/mol. The number of benzene rings is 2. The van der Waals surface area contributed by atoms with Gasteiger partial charge in [0.1, 0.15) is 0 Å². The molecule has 19 heavy (non-hydrogen) atoms. The van der Waals surface area contributed by atoms with Crippen LogP contribution in [0.4, 0.5) is 5.69 Å². The van der Waals surface area contributed by atoms with Gasteiger partial charge in [0.15, 0.2) is 0 Å². The lowest BCUT2D eigenvalue weighted by Crippen LogP contribution is -2.00. The van der Waals surface area contributed by atoms with E-state index in [1.54, 1.807) is 0 Å². The van der Waals surface area contributed by atoms with Crippen molar-refractivity contribution in [1.29, 1.82) is 0 Å². The number of aromatic nitrogens is 1. The third kappa shape index (κ3) is 2.15. The highest BCUT2D eigenvalue weighted by Crippen LogP contribution is 2.27. The molecule has 1 aromatic heterocycles. The SMILES string of the molecule is Cc1cn(Cc2cccc(N)c2Br)c2ccccc12. The van der Waals surface area contributed by atoms with E-state index in [1.807, 2.05) is 12.1 Å². The summed E-state index contributed by atoms with van der Waals surface area (Å²) in [6.45, 7) is 2.97. The summed E-state index contributed by atoms with van der Waals surface area (Å²) in [4.78, 5) is 0. The smallest absolute Gasteiger partial charge is 0.0488 e. The Balaban J connectivity index is 2.09. The van der Waals surface area contributed by atoms with E-state index in [2.05, 4.69) is 63.9 Å². The van der Waals surface area contributed by atoms with Gasteiger partial charge in [0, 0.05) is 33.8 Å². The normalized spacial score (nSPS) is 11.1. The van der Waals surface area contributed by atoms with E-state index in [1.165, 1.54) is 22.0 Å². The summed E-state index contributed by atoms with van der Waals surface area (Å²) < 4.78 is 3.26. The van der Waals surface area contributed by atoms with Crippen LogP contribution >= 0.6 is 15.9 Å². The van der Waals surface area contributed by atoms with Gasteiger partial charge < -0.3 is 10.3 Å². The third-order valence-electron chi connectivity index (χ3n) is 3.44. The zero-order valence-corrected chi connectivity index (χ0v) is 12.3. The fraction of sp³-hybridized carbons (Fsp3) is 0.125. The van der Waals surface area contributed by atoms with Gasteiger partial charge in [-0.25, -0.2) is 0 Å². The second-order valence-corrected chi connectivity index (χ2v) is 5.57. The Hall–Kier alpha value is -1.74. The molecule has 0 unspecified atom stereocenters. The van der Waals surface area contributed by atoms with Crippen LogP contribution in [0.25, 0.3) is 10.9 Å². The second-order valence-electron chi connectivity index (χ2n) is 4.78. The second kappa shape index (κ2) is 4.74. The van der Waals surface area contributed by atoms with Crippen LogP contribution in [-0.2, 0) is 6.54 Å². The average Bonchev–Trinajstić information content (AvgIpc) is 2.73. The number of rotatable bonds is 2. The molecule has 0 saturated heterocycles. The van der Waals surface area contributed by atoms with Crippen LogP contribution < -0.4 is 5.73 Å². The first-order valence-electron chi connectivity index (χ1n) is 6.24. The van der Waals surface area contributed by atoms with Gasteiger partial charge in [-0.3, -0.25) is 0 Å². The van der Waals surface area contributed by atoms with Gasteiger partial charge in [-0.1, -0.05) is 30.3 Å². The molecule has 2 N–H and O–H groups in total. The molecule has 0 bridgehead atoms. The number of anilines is 1. The maximum Gasteiger partial charge on any atom is 0.0488 e. The van der Waals surface area contributed by atoms with Crippen molar-refractivity contribution in [2.45, 2.75) is 13.5 Å². The summed E-state index contributed by atoms with van der Waals surface area (Å²) in [7, 11) is 0. The number of nitrogens with zero attached hydrogens (tertiary/aromatic N) is 1. The van der Waals surface area contributed by atoms with Gasteiger partial charge in [-0.15, -0.1) is 0 Å². The molecule has 0 aliphatic rings. The van der Waals surface area contributed by atoms with Crippen LogP contribution in [0.3, 0.4) is 0 Å². The number of fused-ring (bicyclic) bond motifs is 1. The number of nitrogens with two attached hydrogens (primary N) is 1. The summed E-state index contributed by atoms with van der Waals surface area (Å²) in [5.74, 6) is 0. The van der Waals surface area contributed by atoms with E-state index in [0.29, 0.717) is 0 Å². The third-order valence-corrected chi connectivity index (χ3v) is 4.40. The zero-order valence-electron chi connectivity index (χ0n) is 10.7. The van der Waals surface area contributed by atoms with Crippen molar-refractivity contribution >= 4 is 32.5 Å². The molecule has 96 valence electrons. The largest absolute Gasteiger partial charge is 0.398 e. The highest BCUT2D eigenvalue weighted by molar-refractivity contribution is 9.10. The Bertz CT molecular complexity index is 744. The molecule has 0 fully saturated rings. The number of aryl methyl sites for hydroxylation is 1. The number of hydrogen-bond acceptors (Lipinski definition) is 1. The quantitative estimate of drug-likeness (QED) is 0.701. The monoisotopic (exact) mass is 314 g/mol. The van der Waals surface area contributed by atoms with Gasteiger partial charge in [0.2, 0.25) is 0 Å². The molecule has 0 amide bonds. The lowest BCUT2D eigenvalue weighted by molar-refractivity contribution is 0.831. The topological polar surface area (TPSA) is 30.9 Å². The van der Waals surface area contributed by atoms with Crippen LogP contribution in [0.2, 0.25) is 0 Å². The van der Waals surface area contributed by atoms with Crippen molar-refractivity contribution in [3.63, 3.8) is 0 Å². The fourth-order valence-electron chi connectivity index (χ4n) is 2.47. The number of nitrogen functional groups attached to an aromatic ring is 1. The van der Waals surface area contributed by atoms with E-state index < -0.39 is 0 Å². The van der Waals surface area contributed by atoms with Crippen LogP contribution in [0.5, 0.6) is 0 Å². The van der Waals surface area contributed by atoms with Crippen molar-refractivity contribution in [2.75, 3.05) is 5.73 Å². The van der Waals surface area contributed by atoms with Crippen molar-refractivity contribution < 1.29 is 0 Å². The number of halogens is 1. The maximum atomic E-state index is 5.94. The highest BCUT2D eigenvalue weighted by atomic mass is 79.9. The van der Waals surface area contributed by atoms with E-state index in [0.717, 1.165) is 16.7 Å². The van der Waals surface area contributed by atoms with Crippen molar-refractivity contribution in [3.8, 4) is 0 Å². The molecule has 3 aromatic rings. The minimum Gasteiger partial charge on any atom is -0.398 e. The lowest BCUT2D eigenvalue weighted by atomic mass is 10.2. The van der Waals surface area contributed by atoms with Crippen LogP contribution in [0, 0.1) is 6.92 Å². The van der Waals surface area contributed by atoms with Gasteiger partial charge in [-0.2, -0.15) is 0 Å². The van der Waals surface area contributed by atoms with E-state index in [9.17, 15) is 0 Å². The molecule has 0 spiro atoms. The zero-order chi connectivity index (χ0) is 13.4. The van der Waals surface area contributed by atoms with E-state index >= 15 is 0 Å². The standard InChI is InChI=1S/C16H15BrN2/c1-11-9-19(15-8-3-2-6-13(11)15)10-12-5-4-7-14(18)16(12)17/h2-9H,10,18H2,1H3. The lowest BCUT2D eigenvalue weighted by Gasteiger charge is -2.09. The molecule has 2 nitrogen and oxygen atoms in total. The van der Waals surface area contributed by atoms with Crippen molar-refractivity contribution in [2.24, 2.45) is 0 Å². The van der Waals surface area contributed by atoms with Gasteiger partial charge in [-0.05, 0) is 46.1 Å². The molecular weight excluding hydrogens is 300 g/mol. The molecule has 0 aliphatic carbocycles. The van der Waals surface area contributed by atoms with Crippen LogP contribution in [0.1, 0.15) is 11.1 Å². The predicted octanol–water partition coefficient (Wildman–Crippen LogP) is 4.34. The van der Waals surface area contributed by atoms with Crippen LogP contribution in [0.15, 0.2) is 53.1 Å². The number of para-hydroxylation sites is 1. The highest BCUT2D eigenvalue weighted by Gasteiger charge is 2.08. The minimum atomic E-state index is 0.783. The Labute approximate surface area is 121 Å². The number of hydrogen-bond donors (Lipinski definition) is 1. The van der Waals surface area contributed by atoms with E-state index in [4.69, 9.17) is 5.73 Å². The fourth-order valence-corrected chi connectivity index (χ4v) is 2.86. The summed E-state index contributed by atoms with van der Waals surface area (Å²) >= 11 is 3.57. The molecule has 3 rings (SSSR count). The van der Waals surface area contributed by atoms with Crippen molar-refractivity contribution in [1.82, 2.24) is 4.57 Å². The van der Waals surface area contributed by atoms with Crippen LogP contribution in [-0.4, -0.2) is 4.57 Å². The minimum absolute atomic E-state index is 0.783. The first kappa shape index (κ1) is 12.3. The molecule has 0 saturated carbocycles. The first-order chi connectivity index (χ1) is 9.16. The molecule has 2 aromatic carbocycles. The molecule has 3 heteroatoms. The maximum absolute atomic E-state index is 5.94. The van der Waals surface area contributed by atoms with Gasteiger partial charge in [0.05, 0.1) is 0 Å². The first-order valence-corrected chi connectivity index (χ1v) is 7.03. The summed E-state index contributed by atoms with van der Waals surface area (Å²) in [5, 5.41) is 1.31. The Morgan fingerprint density at radius 1 is 1.11 bits per heavy atom. The van der Waals surface area contributed by atoms with E-state index in [-0.39, 0.29) is 0 Å². The Morgan fingerprint density at radius 3 is 2.74 bits per heavy atom. The Kier molecular flexibility index (Phi) is 3.07. The summed E-state index contributed by atoms with van der Waals surface area (Å²) in [5.41, 5.74) is 10.5. The van der Waals surface area contributed by atoms with Crippen molar-refractivity contribution in [3.05, 3.63) is 64.3 Å². The summed E-state index contributed by atoms with van der Waals surface area (Å²) in [6, 6.07) is 14.5. The van der Waals surface area contributed by atoms with Gasteiger partial charge >= 0.3 is 0 Å². The molecule has 0 radical (unpaired) electrons. The predicted molar refractivity (Wildman–Crippen MR) is 84.3 cm³/mol.